The highest BCUT2D eigenvalue weighted by Crippen LogP contribution is 2.34. The number of nitrogens with one attached hydrogen (secondary N) is 2. The second-order valence-electron chi connectivity index (χ2n) is 7.71. The molecule has 33 heavy (non-hydrogen) atoms. The number of rotatable bonds is 7. The van der Waals surface area contributed by atoms with E-state index in [4.69, 9.17) is 9.47 Å². The van der Waals surface area contributed by atoms with Crippen LogP contribution in [0.25, 0.3) is 0 Å². The van der Waals surface area contributed by atoms with Gasteiger partial charge in [0, 0.05) is 6.20 Å². The molecule has 0 spiro atoms. The van der Waals surface area contributed by atoms with Crippen molar-refractivity contribution in [3.8, 4) is 11.5 Å². The molecule has 1 aromatic heterocycles. The number of pyridine rings is 1. The van der Waals surface area contributed by atoms with Gasteiger partial charge in [-0.15, -0.1) is 0 Å². The van der Waals surface area contributed by atoms with Crippen LogP contribution >= 0.6 is 0 Å². The molecule has 2 amide bonds. The number of carboxylic acid groups (broad SMARTS) is 1. The lowest BCUT2D eigenvalue weighted by molar-refractivity contribution is -0.137. The summed E-state index contributed by atoms with van der Waals surface area (Å²) in [7, 11) is 0. The van der Waals surface area contributed by atoms with Gasteiger partial charge in [0.05, 0.1) is 19.0 Å². The topological polar surface area (TPSA) is 119 Å². The third-order valence-electron chi connectivity index (χ3n) is 5.19. The summed E-state index contributed by atoms with van der Waals surface area (Å²) in [6, 6.07) is 14.4. The van der Waals surface area contributed by atoms with E-state index in [1.54, 1.807) is 30.5 Å². The van der Waals surface area contributed by atoms with Crippen LogP contribution in [0.2, 0.25) is 0 Å². The highest BCUT2D eigenvalue weighted by molar-refractivity contribution is 5.89. The number of carbonyl (C=O) groups excluding carboxylic acids is 1. The van der Waals surface area contributed by atoms with Crippen molar-refractivity contribution in [2.75, 3.05) is 12.1 Å². The number of urea groups is 1. The van der Waals surface area contributed by atoms with Gasteiger partial charge in [-0.05, 0) is 42.3 Å². The first kappa shape index (κ1) is 21.9. The van der Waals surface area contributed by atoms with Crippen LogP contribution in [-0.2, 0) is 11.3 Å². The largest absolute Gasteiger partial charge is 0.481 e. The van der Waals surface area contributed by atoms with Gasteiger partial charge in [-0.2, -0.15) is 0 Å². The molecule has 0 bridgehead atoms. The van der Waals surface area contributed by atoms with Gasteiger partial charge in [-0.25, -0.2) is 4.79 Å². The summed E-state index contributed by atoms with van der Waals surface area (Å²) in [5.74, 6) is -0.0545. The number of hydrogen-bond donors (Lipinski definition) is 3. The van der Waals surface area contributed by atoms with Gasteiger partial charge >= 0.3 is 12.0 Å². The highest BCUT2D eigenvalue weighted by atomic mass is 16.7. The molecule has 9 heteroatoms. The van der Waals surface area contributed by atoms with Gasteiger partial charge in [0.1, 0.15) is 5.69 Å². The maximum Gasteiger partial charge on any atom is 0.319 e. The second-order valence-corrected chi connectivity index (χ2v) is 7.71. The number of ether oxygens (including phenoxy) is 2. The fourth-order valence-electron chi connectivity index (χ4n) is 3.64. The number of amides is 2. The van der Waals surface area contributed by atoms with Crippen LogP contribution < -0.4 is 25.7 Å². The molecule has 3 aromatic rings. The molecule has 170 valence electrons. The van der Waals surface area contributed by atoms with Crippen molar-refractivity contribution in [1.29, 1.82) is 0 Å². The van der Waals surface area contributed by atoms with Crippen molar-refractivity contribution in [2.45, 2.75) is 25.9 Å². The smallest absolute Gasteiger partial charge is 0.319 e. The number of aryl methyl sites for hydroxylation is 1. The number of aliphatic carboxylic acids is 1. The van der Waals surface area contributed by atoms with Crippen LogP contribution in [0, 0.1) is 6.92 Å². The van der Waals surface area contributed by atoms with E-state index in [0.717, 1.165) is 11.1 Å². The van der Waals surface area contributed by atoms with E-state index in [-0.39, 0.29) is 24.5 Å². The maximum atomic E-state index is 12.9. The first-order chi connectivity index (χ1) is 15.9. The average molecular weight is 449 g/mol. The lowest BCUT2D eigenvalue weighted by Gasteiger charge is -2.18. The van der Waals surface area contributed by atoms with Crippen molar-refractivity contribution in [1.82, 2.24) is 9.88 Å². The normalized spacial score (nSPS) is 12.8. The van der Waals surface area contributed by atoms with Crippen molar-refractivity contribution in [3.05, 3.63) is 87.8 Å². The highest BCUT2D eigenvalue weighted by Gasteiger charge is 2.22. The third kappa shape index (κ3) is 5.32. The van der Waals surface area contributed by atoms with Crippen molar-refractivity contribution >= 4 is 17.7 Å². The van der Waals surface area contributed by atoms with E-state index in [1.807, 2.05) is 31.2 Å². The van der Waals surface area contributed by atoms with Gasteiger partial charge < -0.3 is 29.8 Å². The minimum atomic E-state index is -1.09. The molecule has 4 rings (SSSR count). The fourth-order valence-corrected chi connectivity index (χ4v) is 3.64. The molecule has 1 aliphatic heterocycles. The minimum absolute atomic E-state index is 0.0825. The quantitative estimate of drug-likeness (QED) is 0.509. The molecule has 3 N–H and O–H groups in total. The van der Waals surface area contributed by atoms with Gasteiger partial charge in [0.25, 0.3) is 5.56 Å². The summed E-state index contributed by atoms with van der Waals surface area (Å²) < 4.78 is 12.1. The van der Waals surface area contributed by atoms with E-state index in [1.165, 1.54) is 10.6 Å². The molecular formula is C24H23N3O6. The predicted octanol–water partition coefficient (Wildman–Crippen LogP) is 3.27. The Balaban J connectivity index is 1.49. The van der Waals surface area contributed by atoms with Crippen LogP contribution in [0.3, 0.4) is 0 Å². The standard InChI is InChI=1S/C24H23N3O6/c1-15-4-2-5-16(10-15)13-27-9-3-6-18(23(27)30)25-24(31)26-19(12-22(28)29)17-7-8-20-21(11-17)33-14-32-20/h2-11,19H,12-14H2,1H3,(H,28,29)(H2,25,26,31)/t19-/m0/s1. The number of benzene rings is 2. The Kier molecular flexibility index (Phi) is 6.30. The minimum Gasteiger partial charge on any atom is -0.481 e. The van der Waals surface area contributed by atoms with Crippen LogP contribution in [0.15, 0.2) is 65.6 Å². The van der Waals surface area contributed by atoms with E-state index >= 15 is 0 Å². The Bertz CT molecular complexity index is 1250. The molecule has 0 aliphatic carbocycles. The third-order valence-corrected chi connectivity index (χ3v) is 5.19. The number of nitrogens with zero attached hydrogens (tertiary/aromatic N) is 1. The Morgan fingerprint density at radius 2 is 1.91 bits per heavy atom. The molecule has 0 saturated heterocycles. The van der Waals surface area contributed by atoms with Gasteiger partial charge in [0.2, 0.25) is 6.79 Å². The van der Waals surface area contributed by atoms with Gasteiger partial charge in [-0.1, -0.05) is 35.9 Å². The number of anilines is 1. The zero-order valence-corrected chi connectivity index (χ0v) is 17.9. The Labute approximate surface area is 189 Å². The number of aromatic nitrogens is 1. The summed E-state index contributed by atoms with van der Waals surface area (Å²) in [6.45, 7) is 2.41. The Morgan fingerprint density at radius 3 is 2.70 bits per heavy atom. The van der Waals surface area contributed by atoms with E-state index in [2.05, 4.69) is 10.6 Å². The zero-order valence-electron chi connectivity index (χ0n) is 17.9. The van der Waals surface area contributed by atoms with Crippen LogP contribution in [0.4, 0.5) is 10.5 Å². The molecule has 1 aliphatic rings. The Morgan fingerprint density at radius 1 is 1.09 bits per heavy atom. The number of fused-ring (bicyclic) bond motifs is 1. The van der Waals surface area contributed by atoms with Crippen molar-refractivity contribution in [3.63, 3.8) is 0 Å². The number of carbonyl (C=O) groups is 2. The summed E-state index contributed by atoms with van der Waals surface area (Å²) in [5.41, 5.74) is 2.31. The molecule has 0 radical (unpaired) electrons. The fraction of sp³-hybridized carbons (Fsp3) is 0.208. The Hall–Kier alpha value is -4.27. The number of carboxylic acids is 1. The summed E-state index contributed by atoms with van der Waals surface area (Å²) >= 11 is 0. The second kappa shape index (κ2) is 9.47. The van der Waals surface area contributed by atoms with E-state index < -0.39 is 18.0 Å². The van der Waals surface area contributed by atoms with Crippen LogP contribution in [0.5, 0.6) is 11.5 Å². The van der Waals surface area contributed by atoms with Gasteiger partial charge in [-0.3, -0.25) is 9.59 Å². The molecule has 0 saturated carbocycles. The maximum absolute atomic E-state index is 12.9. The first-order valence-electron chi connectivity index (χ1n) is 10.3. The number of hydrogen-bond acceptors (Lipinski definition) is 5. The summed E-state index contributed by atoms with van der Waals surface area (Å²) in [4.78, 5) is 36.9. The monoisotopic (exact) mass is 449 g/mol. The first-order valence-corrected chi connectivity index (χ1v) is 10.3. The summed E-state index contributed by atoms with van der Waals surface area (Å²) in [6.07, 6.45) is 1.30. The SMILES string of the molecule is Cc1cccc(Cn2cccc(NC(=O)N[C@@H](CC(=O)O)c3ccc4c(c3)OCO4)c2=O)c1. The van der Waals surface area contributed by atoms with E-state index in [9.17, 15) is 19.5 Å². The molecule has 0 unspecified atom stereocenters. The van der Waals surface area contributed by atoms with Crippen LogP contribution in [0.1, 0.15) is 29.2 Å². The average Bonchev–Trinajstić information content (AvgIpc) is 3.24. The summed E-state index contributed by atoms with van der Waals surface area (Å²) in [5, 5.41) is 14.5. The molecule has 9 nitrogen and oxygen atoms in total. The van der Waals surface area contributed by atoms with Crippen molar-refractivity contribution in [2.24, 2.45) is 0 Å². The zero-order chi connectivity index (χ0) is 23.4. The molecule has 1 atom stereocenters. The lowest BCUT2D eigenvalue weighted by atomic mass is 10.0. The molecule has 2 aromatic carbocycles. The van der Waals surface area contributed by atoms with Crippen molar-refractivity contribution < 1.29 is 24.2 Å². The van der Waals surface area contributed by atoms with E-state index in [0.29, 0.717) is 23.6 Å². The van der Waals surface area contributed by atoms with Gasteiger partial charge in [0.15, 0.2) is 11.5 Å². The molecule has 2 heterocycles. The molecule has 0 fully saturated rings. The molecular weight excluding hydrogens is 426 g/mol. The predicted molar refractivity (Wildman–Crippen MR) is 121 cm³/mol. The lowest BCUT2D eigenvalue weighted by Crippen LogP contribution is -2.36. The van der Waals surface area contributed by atoms with Crippen LogP contribution in [-0.4, -0.2) is 28.5 Å².